The molecule has 1 aromatic rings. The van der Waals surface area contributed by atoms with Crippen molar-refractivity contribution in [3.8, 4) is 0 Å². The molecular formula is C15H25N3O2S. The maximum absolute atomic E-state index is 12.2. The molecule has 1 unspecified atom stereocenters. The van der Waals surface area contributed by atoms with Crippen LogP contribution >= 0.6 is 0 Å². The number of rotatable bonds is 7. The number of sulfonamides is 1. The van der Waals surface area contributed by atoms with Crippen molar-refractivity contribution < 1.29 is 8.42 Å². The van der Waals surface area contributed by atoms with Crippen LogP contribution in [0.5, 0.6) is 0 Å². The van der Waals surface area contributed by atoms with Gasteiger partial charge in [-0.25, -0.2) is 13.1 Å². The van der Waals surface area contributed by atoms with Crippen LogP contribution in [-0.2, 0) is 10.0 Å². The molecule has 5 nitrogen and oxygen atoms in total. The van der Waals surface area contributed by atoms with E-state index in [9.17, 15) is 8.42 Å². The maximum atomic E-state index is 12.2. The van der Waals surface area contributed by atoms with E-state index in [1.54, 1.807) is 12.1 Å². The lowest BCUT2D eigenvalue weighted by atomic mass is 10.1. The number of benzene rings is 1. The molecule has 0 aromatic heterocycles. The van der Waals surface area contributed by atoms with Crippen LogP contribution in [-0.4, -0.2) is 46.5 Å². The van der Waals surface area contributed by atoms with Crippen molar-refractivity contribution in [2.24, 2.45) is 0 Å². The van der Waals surface area contributed by atoms with Crippen LogP contribution in [0.2, 0.25) is 0 Å². The van der Waals surface area contributed by atoms with Crippen LogP contribution in [0.3, 0.4) is 0 Å². The van der Waals surface area contributed by atoms with Gasteiger partial charge in [0.15, 0.2) is 0 Å². The fourth-order valence-electron chi connectivity index (χ4n) is 2.53. The summed E-state index contributed by atoms with van der Waals surface area (Å²) in [6.07, 6.45) is 2.44. The van der Waals surface area contributed by atoms with E-state index in [1.807, 2.05) is 26.1 Å². The minimum atomic E-state index is -3.40. The van der Waals surface area contributed by atoms with E-state index in [0.717, 1.165) is 25.2 Å². The Balaban J connectivity index is 1.92. The SMILES string of the molecule is CNC(C)c1ccc(S(=O)(=O)NCCN2CCCC2)cc1. The average molecular weight is 311 g/mol. The molecule has 1 aliphatic heterocycles. The van der Waals surface area contributed by atoms with Gasteiger partial charge in [-0.05, 0) is 57.6 Å². The van der Waals surface area contributed by atoms with Crippen LogP contribution in [0, 0.1) is 0 Å². The number of hydrogen-bond donors (Lipinski definition) is 2. The Kier molecular flexibility index (Phi) is 5.75. The first-order valence-electron chi connectivity index (χ1n) is 7.52. The molecule has 0 saturated carbocycles. The van der Waals surface area contributed by atoms with Crippen molar-refractivity contribution >= 4 is 10.0 Å². The molecule has 1 fully saturated rings. The minimum Gasteiger partial charge on any atom is -0.313 e. The maximum Gasteiger partial charge on any atom is 0.240 e. The fraction of sp³-hybridized carbons (Fsp3) is 0.600. The van der Waals surface area contributed by atoms with Gasteiger partial charge in [0.05, 0.1) is 4.90 Å². The summed E-state index contributed by atoms with van der Waals surface area (Å²) in [6, 6.07) is 7.26. The van der Waals surface area contributed by atoms with E-state index in [4.69, 9.17) is 0 Å². The largest absolute Gasteiger partial charge is 0.313 e. The molecule has 0 radical (unpaired) electrons. The van der Waals surface area contributed by atoms with Gasteiger partial charge in [-0.3, -0.25) is 0 Å². The molecule has 2 N–H and O–H groups in total. The smallest absolute Gasteiger partial charge is 0.240 e. The summed E-state index contributed by atoms with van der Waals surface area (Å²) < 4.78 is 27.1. The van der Waals surface area contributed by atoms with E-state index in [0.29, 0.717) is 11.4 Å². The fourth-order valence-corrected chi connectivity index (χ4v) is 3.55. The van der Waals surface area contributed by atoms with Crippen molar-refractivity contribution in [3.63, 3.8) is 0 Å². The Bertz CT molecular complexity index is 537. The standard InChI is InChI=1S/C15H25N3O2S/c1-13(16-2)14-5-7-15(8-6-14)21(19,20)17-9-12-18-10-3-4-11-18/h5-8,13,16-17H,3-4,9-12H2,1-2H3. The average Bonchev–Trinajstić information content (AvgIpc) is 2.99. The van der Waals surface area contributed by atoms with Crippen LogP contribution in [0.25, 0.3) is 0 Å². The molecule has 118 valence electrons. The van der Waals surface area contributed by atoms with Crippen molar-refractivity contribution in [1.82, 2.24) is 14.9 Å². The summed E-state index contributed by atoms with van der Waals surface area (Å²) in [6.45, 7) is 5.46. The summed E-state index contributed by atoms with van der Waals surface area (Å²) >= 11 is 0. The van der Waals surface area contributed by atoms with Crippen LogP contribution in [0.15, 0.2) is 29.2 Å². The molecule has 6 heteroatoms. The van der Waals surface area contributed by atoms with Gasteiger partial charge in [0.2, 0.25) is 10.0 Å². The first-order valence-corrected chi connectivity index (χ1v) is 9.00. The third-order valence-electron chi connectivity index (χ3n) is 4.04. The van der Waals surface area contributed by atoms with Gasteiger partial charge in [0.1, 0.15) is 0 Å². The zero-order valence-corrected chi connectivity index (χ0v) is 13.6. The van der Waals surface area contributed by atoms with Crippen LogP contribution in [0.1, 0.15) is 31.4 Å². The van der Waals surface area contributed by atoms with E-state index in [-0.39, 0.29) is 6.04 Å². The molecule has 1 saturated heterocycles. The van der Waals surface area contributed by atoms with Crippen molar-refractivity contribution in [3.05, 3.63) is 29.8 Å². The molecule has 21 heavy (non-hydrogen) atoms. The van der Waals surface area contributed by atoms with Gasteiger partial charge in [-0.2, -0.15) is 0 Å². The summed E-state index contributed by atoms with van der Waals surface area (Å²) in [5.74, 6) is 0. The summed E-state index contributed by atoms with van der Waals surface area (Å²) in [7, 11) is -1.51. The van der Waals surface area contributed by atoms with Gasteiger partial charge in [-0.1, -0.05) is 12.1 Å². The van der Waals surface area contributed by atoms with Crippen LogP contribution in [0.4, 0.5) is 0 Å². The number of nitrogens with zero attached hydrogens (tertiary/aromatic N) is 1. The first-order chi connectivity index (χ1) is 10.0. The molecule has 0 amide bonds. The van der Waals surface area contributed by atoms with Gasteiger partial charge in [0, 0.05) is 19.1 Å². The molecule has 1 heterocycles. The number of likely N-dealkylation sites (tertiary alicyclic amines) is 1. The summed E-state index contributed by atoms with van der Waals surface area (Å²) in [5, 5.41) is 3.13. The van der Waals surface area contributed by atoms with E-state index in [2.05, 4.69) is 14.9 Å². The highest BCUT2D eigenvalue weighted by molar-refractivity contribution is 7.89. The third-order valence-corrected chi connectivity index (χ3v) is 5.52. The number of nitrogens with one attached hydrogen (secondary N) is 2. The molecule has 0 spiro atoms. The second-order valence-electron chi connectivity index (χ2n) is 5.53. The highest BCUT2D eigenvalue weighted by Gasteiger charge is 2.16. The van der Waals surface area contributed by atoms with Gasteiger partial charge < -0.3 is 10.2 Å². The molecule has 1 aliphatic rings. The molecule has 2 rings (SSSR count). The van der Waals surface area contributed by atoms with Crippen molar-refractivity contribution in [2.45, 2.75) is 30.7 Å². The third kappa shape index (κ3) is 4.51. The lowest BCUT2D eigenvalue weighted by molar-refractivity contribution is 0.344. The highest BCUT2D eigenvalue weighted by atomic mass is 32.2. The van der Waals surface area contributed by atoms with Crippen LogP contribution < -0.4 is 10.0 Å². The highest BCUT2D eigenvalue weighted by Crippen LogP contribution is 2.15. The van der Waals surface area contributed by atoms with E-state index < -0.39 is 10.0 Å². The molecule has 1 aromatic carbocycles. The Morgan fingerprint density at radius 3 is 2.38 bits per heavy atom. The minimum absolute atomic E-state index is 0.213. The Labute approximate surface area is 127 Å². The number of hydrogen-bond acceptors (Lipinski definition) is 4. The molecular weight excluding hydrogens is 286 g/mol. The zero-order valence-electron chi connectivity index (χ0n) is 12.8. The molecule has 0 bridgehead atoms. The van der Waals surface area contributed by atoms with E-state index in [1.165, 1.54) is 12.8 Å². The summed E-state index contributed by atoms with van der Waals surface area (Å²) in [4.78, 5) is 2.62. The van der Waals surface area contributed by atoms with Crippen molar-refractivity contribution in [1.29, 1.82) is 0 Å². The molecule has 1 atom stereocenters. The first kappa shape index (κ1) is 16.4. The van der Waals surface area contributed by atoms with Gasteiger partial charge >= 0.3 is 0 Å². The quantitative estimate of drug-likeness (QED) is 0.798. The monoisotopic (exact) mass is 311 g/mol. The Hall–Kier alpha value is -0.950. The van der Waals surface area contributed by atoms with Crippen molar-refractivity contribution in [2.75, 3.05) is 33.2 Å². The second kappa shape index (κ2) is 7.35. The lowest BCUT2D eigenvalue weighted by Crippen LogP contribution is -2.33. The predicted octanol–water partition coefficient (Wildman–Crippen LogP) is 1.34. The Morgan fingerprint density at radius 1 is 1.19 bits per heavy atom. The zero-order chi connectivity index (χ0) is 15.3. The second-order valence-corrected chi connectivity index (χ2v) is 7.29. The van der Waals surface area contributed by atoms with Gasteiger partial charge in [0.25, 0.3) is 0 Å². The predicted molar refractivity (Wildman–Crippen MR) is 84.8 cm³/mol. The van der Waals surface area contributed by atoms with Gasteiger partial charge in [-0.15, -0.1) is 0 Å². The lowest BCUT2D eigenvalue weighted by Gasteiger charge is -2.15. The molecule has 0 aliphatic carbocycles. The Morgan fingerprint density at radius 2 is 1.81 bits per heavy atom. The van der Waals surface area contributed by atoms with E-state index >= 15 is 0 Å². The normalized spacial score (nSPS) is 18.0. The summed E-state index contributed by atoms with van der Waals surface area (Å²) in [5.41, 5.74) is 1.08. The topological polar surface area (TPSA) is 61.4 Å².